The number of amides is 1. The van der Waals surface area contributed by atoms with Crippen molar-refractivity contribution in [1.29, 1.82) is 0 Å². The second-order valence-corrected chi connectivity index (χ2v) is 5.47. The minimum absolute atomic E-state index is 0.0297. The summed E-state index contributed by atoms with van der Waals surface area (Å²) in [5, 5.41) is 0.778. The molecule has 0 aromatic heterocycles. The average molecular weight is 379 g/mol. The lowest BCUT2D eigenvalue weighted by atomic mass is 10.2. The smallest absolute Gasteiger partial charge is 0.255 e. The molecule has 1 aromatic carbocycles. The number of carbonyl (C=O) groups is 1. The van der Waals surface area contributed by atoms with Crippen molar-refractivity contribution >= 4 is 37.8 Å². The molecule has 18 heavy (non-hydrogen) atoms. The topological polar surface area (TPSA) is 29.5 Å². The largest absolute Gasteiger partial charge is 0.497 e. The molecule has 0 unspecified atom stereocenters. The van der Waals surface area contributed by atoms with Crippen LogP contribution in [0.1, 0.15) is 23.7 Å². The van der Waals surface area contributed by atoms with Crippen molar-refractivity contribution in [2.24, 2.45) is 0 Å². The molecule has 0 N–H and O–H groups in total. The van der Waals surface area contributed by atoms with Gasteiger partial charge in [-0.2, -0.15) is 0 Å². The summed E-state index contributed by atoms with van der Waals surface area (Å²) >= 11 is 6.79. The van der Waals surface area contributed by atoms with Crippen molar-refractivity contribution in [3.05, 3.63) is 28.2 Å². The lowest BCUT2D eigenvalue weighted by molar-refractivity contribution is 0.0765. The van der Waals surface area contributed by atoms with Crippen LogP contribution in [0.25, 0.3) is 0 Å². The third kappa shape index (κ3) is 3.99. The van der Waals surface area contributed by atoms with E-state index in [4.69, 9.17) is 4.74 Å². The van der Waals surface area contributed by atoms with E-state index in [2.05, 4.69) is 38.8 Å². The Kier molecular flexibility index (Phi) is 6.71. The van der Waals surface area contributed by atoms with E-state index in [1.165, 1.54) is 0 Å². The van der Waals surface area contributed by atoms with E-state index >= 15 is 0 Å². The molecule has 0 atom stereocenters. The quantitative estimate of drug-likeness (QED) is 0.706. The normalized spacial score (nSPS) is 10.2. The fourth-order valence-electron chi connectivity index (χ4n) is 1.65. The summed E-state index contributed by atoms with van der Waals surface area (Å²) in [4.78, 5) is 14.3. The number of nitrogens with zero attached hydrogens (tertiary/aromatic N) is 1. The third-order valence-electron chi connectivity index (χ3n) is 2.54. The van der Waals surface area contributed by atoms with Crippen molar-refractivity contribution in [2.45, 2.75) is 13.3 Å². The molecule has 100 valence electrons. The molecule has 0 aliphatic carbocycles. The summed E-state index contributed by atoms with van der Waals surface area (Å²) in [5.74, 6) is 0.721. The van der Waals surface area contributed by atoms with E-state index < -0.39 is 0 Å². The second kappa shape index (κ2) is 7.79. The molecule has 3 nitrogen and oxygen atoms in total. The van der Waals surface area contributed by atoms with Crippen LogP contribution in [0.5, 0.6) is 5.75 Å². The van der Waals surface area contributed by atoms with Crippen LogP contribution >= 0.6 is 31.9 Å². The van der Waals surface area contributed by atoms with Crippen LogP contribution in [0, 0.1) is 0 Å². The number of halogens is 2. The fourth-order valence-corrected chi connectivity index (χ4v) is 2.50. The summed E-state index contributed by atoms with van der Waals surface area (Å²) in [6, 6.07) is 5.43. The van der Waals surface area contributed by atoms with Gasteiger partial charge in [-0.05, 0) is 40.5 Å². The van der Waals surface area contributed by atoms with E-state index in [9.17, 15) is 4.79 Å². The van der Waals surface area contributed by atoms with Gasteiger partial charge in [0.2, 0.25) is 0 Å². The first-order valence-electron chi connectivity index (χ1n) is 5.82. The van der Waals surface area contributed by atoms with Gasteiger partial charge in [-0.1, -0.05) is 22.9 Å². The Bertz CT molecular complexity index is 404. The fraction of sp³-hybridized carbons (Fsp3) is 0.462. The van der Waals surface area contributed by atoms with Crippen LogP contribution < -0.4 is 4.74 Å². The molecule has 1 rings (SSSR count). The predicted octanol–water partition coefficient (Wildman–Crippen LogP) is 3.70. The van der Waals surface area contributed by atoms with Gasteiger partial charge in [-0.15, -0.1) is 0 Å². The van der Waals surface area contributed by atoms with E-state index in [0.717, 1.165) is 22.8 Å². The molecule has 0 radical (unpaired) electrons. The number of methoxy groups -OCH3 is 1. The van der Waals surface area contributed by atoms with Crippen molar-refractivity contribution in [1.82, 2.24) is 4.90 Å². The third-order valence-corrected chi connectivity index (χ3v) is 3.59. The van der Waals surface area contributed by atoms with E-state index in [1.54, 1.807) is 13.2 Å². The molecule has 0 heterocycles. The molecule has 0 aliphatic rings. The van der Waals surface area contributed by atoms with Crippen LogP contribution in [0.2, 0.25) is 0 Å². The number of rotatable bonds is 6. The van der Waals surface area contributed by atoms with Gasteiger partial charge in [0.15, 0.2) is 0 Å². The Morgan fingerprint density at radius 1 is 1.39 bits per heavy atom. The zero-order valence-electron chi connectivity index (χ0n) is 10.6. The minimum Gasteiger partial charge on any atom is -0.497 e. The number of benzene rings is 1. The minimum atomic E-state index is 0.0297. The number of carbonyl (C=O) groups excluding carboxylic acids is 1. The standard InChI is InChI=1S/C13H17Br2NO2/c1-3-7-16(8-6-14)13(17)11-9-10(18-2)4-5-12(11)15/h4-5,9H,3,6-8H2,1-2H3. The SMILES string of the molecule is CCCN(CCBr)C(=O)c1cc(OC)ccc1Br. The number of alkyl halides is 1. The molecule has 1 amide bonds. The van der Waals surface area contributed by atoms with Gasteiger partial charge < -0.3 is 9.64 Å². The zero-order chi connectivity index (χ0) is 13.5. The van der Waals surface area contributed by atoms with Gasteiger partial charge in [-0.25, -0.2) is 0 Å². The molecular formula is C13H17Br2NO2. The lowest BCUT2D eigenvalue weighted by Gasteiger charge is -2.22. The summed E-state index contributed by atoms with van der Waals surface area (Å²) in [5.41, 5.74) is 0.642. The maximum Gasteiger partial charge on any atom is 0.255 e. The van der Waals surface area contributed by atoms with Crippen molar-refractivity contribution in [2.75, 3.05) is 25.5 Å². The van der Waals surface area contributed by atoms with Crippen LogP contribution in [0.4, 0.5) is 0 Å². The molecular weight excluding hydrogens is 362 g/mol. The van der Waals surface area contributed by atoms with Crippen LogP contribution in [0.15, 0.2) is 22.7 Å². The van der Waals surface area contributed by atoms with Gasteiger partial charge >= 0.3 is 0 Å². The zero-order valence-corrected chi connectivity index (χ0v) is 13.8. The molecule has 0 saturated carbocycles. The first-order chi connectivity index (χ1) is 8.63. The van der Waals surface area contributed by atoms with Crippen molar-refractivity contribution in [3.8, 4) is 5.75 Å². The number of hydrogen-bond acceptors (Lipinski definition) is 2. The highest BCUT2D eigenvalue weighted by Crippen LogP contribution is 2.24. The van der Waals surface area contributed by atoms with E-state index in [-0.39, 0.29) is 5.91 Å². The maximum atomic E-state index is 12.4. The van der Waals surface area contributed by atoms with Crippen LogP contribution in [-0.4, -0.2) is 36.3 Å². The molecule has 0 spiro atoms. The highest BCUT2D eigenvalue weighted by atomic mass is 79.9. The highest BCUT2D eigenvalue weighted by molar-refractivity contribution is 9.10. The van der Waals surface area contributed by atoms with Gasteiger partial charge in [0.1, 0.15) is 5.75 Å². The Labute approximate surface area is 125 Å². The maximum absolute atomic E-state index is 12.4. The van der Waals surface area contributed by atoms with Crippen LogP contribution in [0.3, 0.4) is 0 Å². The average Bonchev–Trinajstić information content (AvgIpc) is 2.38. The number of hydrogen-bond donors (Lipinski definition) is 0. The summed E-state index contributed by atoms with van der Waals surface area (Å²) in [7, 11) is 1.60. The second-order valence-electron chi connectivity index (χ2n) is 3.83. The summed E-state index contributed by atoms with van der Waals surface area (Å²) in [6.45, 7) is 3.53. The Morgan fingerprint density at radius 3 is 2.67 bits per heavy atom. The van der Waals surface area contributed by atoms with E-state index in [0.29, 0.717) is 17.9 Å². The molecule has 5 heteroatoms. The Hall–Kier alpha value is -0.550. The molecule has 1 aromatic rings. The molecule has 0 bridgehead atoms. The first-order valence-corrected chi connectivity index (χ1v) is 7.74. The molecule has 0 aliphatic heterocycles. The van der Waals surface area contributed by atoms with E-state index in [1.807, 2.05) is 17.0 Å². The van der Waals surface area contributed by atoms with Gasteiger partial charge in [0, 0.05) is 22.9 Å². The molecule has 0 saturated heterocycles. The lowest BCUT2D eigenvalue weighted by Crippen LogP contribution is -2.33. The predicted molar refractivity (Wildman–Crippen MR) is 80.7 cm³/mol. The highest BCUT2D eigenvalue weighted by Gasteiger charge is 2.17. The van der Waals surface area contributed by atoms with Gasteiger partial charge in [0.05, 0.1) is 12.7 Å². The van der Waals surface area contributed by atoms with Gasteiger partial charge in [-0.3, -0.25) is 4.79 Å². The summed E-state index contributed by atoms with van der Waals surface area (Å²) < 4.78 is 5.95. The monoisotopic (exact) mass is 377 g/mol. The summed E-state index contributed by atoms with van der Waals surface area (Å²) in [6.07, 6.45) is 0.945. The molecule has 0 fully saturated rings. The first kappa shape index (κ1) is 15.5. The van der Waals surface area contributed by atoms with Gasteiger partial charge in [0.25, 0.3) is 5.91 Å². The Morgan fingerprint density at radius 2 is 2.11 bits per heavy atom. The van der Waals surface area contributed by atoms with Crippen molar-refractivity contribution < 1.29 is 9.53 Å². The Balaban J connectivity index is 2.99. The number of ether oxygens (including phenoxy) is 1. The van der Waals surface area contributed by atoms with Crippen molar-refractivity contribution in [3.63, 3.8) is 0 Å². The van der Waals surface area contributed by atoms with Crippen LogP contribution in [-0.2, 0) is 0 Å².